The second kappa shape index (κ2) is 10.7. The average Bonchev–Trinajstić information content (AvgIpc) is 2.81. The smallest absolute Gasteiger partial charge is 0.225 e. The van der Waals surface area contributed by atoms with E-state index in [1.54, 1.807) is 6.20 Å². The number of benzene rings is 1. The van der Waals surface area contributed by atoms with Crippen LogP contribution in [0.4, 0.5) is 5.95 Å². The predicted molar refractivity (Wildman–Crippen MR) is 124 cm³/mol. The summed E-state index contributed by atoms with van der Waals surface area (Å²) in [5.41, 5.74) is 2.41. The Kier molecular flexibility index (Phi) is 7.52. The molecule has 1 aromatic heterocycles. The highest BCUT2D eigenvalue weighted by Crippen LogP contribution is 2.22. The van der Waals surface area contributed by atoms with Crippen molar-refractivity contribution < 1.29 is 4.79 Å². The fourth-order valence-electron chi connectivity index (χ4n) is 4.80. The molecule has 31 heavy (non-hydrogen) atoms. The lowest BCUT2D eigenvalue weighted by Gasteiger charge is -2.33. The summed E-state index contributed by atoms with van der Waals surface area (Å²) in [7, 11) is 0. The first-order chi connectivity index (χ1) is 15.2. The van der Waals surface area contributed by atoms with Gasteiger partial charge < -0.3 is 15.1 Å². The van der Waals surface area contributed by atoms with E-state index in [4.69, 9.17) is 0 Å². The van der Waals surface area contributed by atoms with Crippen molar-refractivity contribution in [1.29, 1.82) is 0 Å². The van der Waals surface area contributed by atoms with Crippen molar-refractivity contribution in [2.24, 2.45) is 11.8 Å². The number of rotatable bonds is 7. The van der Waals surface area contributed by atoms with Crippen molar-refractivity contribution in [2.75, 3.05) is 44.2 Å². The average molecular weight is 422 g/mol. The largest absolute Gasteiger partial charge is 0.355 e. The van der Waals surface area contributed by atoms with Crippen LogP contribution in [0.3, 0.4) is 0 Å². The van der Waals surface area contributed by atoms with Crippen molar-refractivity contribution >= 4 is 11.9 Å². The van der Waals surface area contributed by atoms with Crippen LogP contribution in [0.5, 0.6) is 0 Å². The van der Waals surface area contributed by atoms with Crippen molar-refractivity contribution in [1.82, 2.24) is 20.2 Å². The maximum atomic E-state index is 12.7. The Morgan fingerprint density at radius 2 is 1.90 bits per heavy atom. The minimum absolute atomic E-state index is 0.0227. The van der Waals surface area contributed by atoms with Crippen LogP contribution >= 0.6 is 0 Å². The standard InChI is InChI=1S/C25H35N5O/c1-20-9-12-27-25(28-20)30-14-5-8-23(19-30)24(31)26-13-17-29-15-10-22(11-16-29)18-21-6-3-2-4-7-21/h2-4,6-7,9,12,22-23H,5,8,10-11,13-19H2,1H3,(H,26,31)/t23-/m0/s1. The number of aromatic nitrogens is 2. The van der Waals surface area contributed by atoms with Gasteiger partial charge in [0, 0.05) is 38.1 Å². The van der Waals surface area contributed by atoms with Gasteiger partial charge in [0.15, 0.2) is 0 Å². The monoisotopic (exact) mass is 421 g/mol. The summed E-state index contributed by atoms with van der Waals surface area (Å²) in [4.78, 5) is 26.3. The quantitative estimate of drug-likeness (QED) is 0.745. The molecule has 2 fully saturated rings. The summed E-state index contributed by atoms with van der Waals surface area (Å²) in [5, 5.41) is 3.19. The van der Waals surface area contributed by atoms with Gasteiger partial charge in [0.25, 0.3) is 0 Å². The fraction of sp³-hybridized carbons (Fsp3) is 0.560. The number of anilines is 1. The van der Waals surface area contributed by atoms with Gasteiger partial charge in [0.2, 0.25) is 11.9 Å². The third-order valence-electron chi connectivity index (χ3n) is 6.66. The van der Waals surface area contributed by atoms with Crippen molar-refractivity contribution in [2.45, 2.75) is 39.0 Å². The molecule has 4 rings (SSSR count). The number of aryl methyl sites for hydroxylation is 1. The maximum Gasteiger partial charge on any atom is 0.225 e. The molecule has 6 nitrogen and oxygen atoms in total. The van der Waals surface area contributed by atoms with Crippen molar-refractivity contribution in [3.8, 4) is 0 Å². The molecule has 166 valence electrons. The molecule has 1 atom stereocenters. The minimum atomic E-state index is 0.0227. The number of nitrogens with zero attached hydrogens (tertiary/aromatic N) is 4. The van der Waals surface area contributed by atoms with Gasteiger partial charge in [0.1, 0.15) is 0 Å². The van der Waals surface area contributed by atoms with Crippen LogP contribution in [0.25, 0.3) is 0 Å². The van der Waals surface area contributed by atoms with E-state index < -0.39 is 0 Å². The molecule has 2 aliphatic rings. The van der Waals surface area contributed by atoms with Gasteiger partial charge in [-0.05, 0) is 69.7 Å². The van der Waals surface area contributed by atoms with Gasteiger partial charge in [-0.15, -0.1) is 0 Å². The van der Waals surface area contributed by atoms with E-state index in [-0.39, 0.29) is 11.8 Å². The molecule has 2 saturated heterocycles. The first-order valence-corrected chi connectivity index (χ1v) is 11.8. The number of carbonyl (C=O) groups is 1. The van der Waals surface area contributed by atoms with Crippen LogP contribution in [0.15, 0.2) is 42.6 Å². The van der Waals surface area contributed by atoms with Gasteiger partial charge in [-0.3, -0.25) is 4.79 Å². The summed E-state index contributed by atoms with van der Waals surface area (Å²) in [6.07, 6.45) is 7.43. The summed E-state index contributed by atoms with van der Waals surface area (Å²) in [6.45, 7) is 7.56. The Labute approximate surface area is 186 Å². The molecule has 0 spiro atoms. The molecule has 1 N–H and O–H groups in total. The summed E-state index contributed by atoms with van der Waals surface area (Å²) in [6, 6.07) is 12.7. The minimum Gasteiger partial charge on any atom is -0.355 e. The van der Waals surface area contributed by atoms with Gasteiger partial charge >= 0.3 is 0 Å². The molecular weight excluding hydrogens is 386 g/mol. The molecule has 2 aromatic rings. The molecule has 0 saturated carbocycles. The Morgan fingerprint density at radius 1 is 1.10 bits per heavy atom. The van der Waals surface area contributed by atoms with Crippen molar-refractivity contribution in [3.05, 3.63) is 53.9 Å². The van der Waals surface area contributed by atoms with Gasteiger partial charge in [-0.1, -0.05) is 30.3 Å². The Balaban J connectivity index is 1.16. The maximum absolute atomic E-state index is 12.7. The molecule has 1 amide bonds. The lowest BCUT2D eigenvalue weighted by molar-refractivity contribution is -0.125. The van der Waals surface area contributed by atoms with Gasteiger partial charge in [-0.2, -0.15) is 0 Å². The van der Waals surface area contributed by atoms with E-state index in [0.717, 1.165) is 63.1 Å². The van der Waals surface area contributed by atoms with E-state index in [9.17, 15) is 4.79 Å². The van der Waals surface area contributed by atoms with Crippen molar-refractivity contribution in [3.63, 3.8) is 0 Å². The van der Waals surface area contributed by atoms with Crippen LogP contribution in [-0.4, -0.2) is 60.0 Å². The second-order valence-electron chi connectivity index (χ2n) is 9.05. The molecule has 3 heterocycles. The predicted octanol–water partition coefficient (Wildman–Crippen LogP) is 3.07. The number of hydrogen-bond donors (Lipinski definition) is 1. The number of amides is 1. The molecule has 6 heteroatoms. The lowest BCUT2D eigenvalue weighted by atomic mass is 9.90. The molecule has 2 aliphatic heterocycles. The molecular formula is C25H35N5O. The van der Waals surface area contributed by atoms with Crippen LogP contribution in [0, 0.1) is 18.8 Å². The Morgan fingerprint density at radius 3 is 2.68 bits per heavy atom. The molecule has 0 radical (unpaired) electrons. The number of nitrogens with one attached hydrogen (secondary N) is 1. The number of carbonyl (C=O) groups excluding carboxylic acids is 1. The van der Waals surface area contributed by atoms with E-state index in [2.05, 4.69) is 55.4 Å². The van der Waals surface area contributed by atoms with Gasteiger partial charge in [-0.25, -0.2) is 9.97 Å². The third-order valence-corrected chi connectivity index (χ3v) is 6.66. The third kappa shape index (κ3) is 6.26. The molecule has 1 aromatic carbocycles. The SMILES string of the molecule is Cc1ccnc(N2CCC[C@H](C(=O)NCCN3CCC(Cc4ccccc4)CC3)C2)n1. The van der Waals surface area contributed by atoms with E-state index in [0.29, 0.717) is 6.54 Å². The normalized spacial score (nSPS) is 20.5. The molecule has 0 unspecified atom stereocenters. The molecule has 0 bridgehead atoms. The first kappa shape index (κ1) is 21.8. The lowest BCUT2D eigenvalue weighted by Crippen LogP contribution is -2.46. The summed E-state index contributed by atoms with van der Waals surface area (Å²) < 4.78 is 0. The van der Waals surface area contributed by atoms with E-state index in [1.807, 2.05) is 13.0 Å². The highest BCUT2D eigenvalue weighted by Gasteiger charge is 2.27. The first-order valence-electron chi connectivity index (χ1n) is 11.8. The Bertz CT molecular complexity index is 835. The highest BCUT2D eigenvalue weighted by atomic mass is 16.1. The zero-order chi connectivity index (χ0) is 21.5. The highest BCUT2D eigenvalue weighted by molar-refractivity contribution is 5.79. The topological polar surface area (TPSA) is 61.4 Å². The second-order valence-corrected chi connectivity index (χ2v) is 9.05. The summed E-state index contributed by atoms with van der Waals surface area (Å²) >= 11 is 0. The Hall–Kier alpha value is -2.47. The summed E-state index contributed by atoms with van der Waals surface area (Å²) in [5.74, 6) is 1.73. The van der Waals surface area contributed by atoms with E-state index >= 15 is 0 Å². The van der Waals surface area contributed by atoms with E-state index in [1.165, 1.54) is 24.8 Å². The number of piperidine rings is 2. The number of likely N-dealkylation sites (tertiary alicyclic amines) is 1. The van der Waals surface area contributed by atoms with Crippen LogP contribution < -0.4 is 10.2 Å². The fourth-order valence-corrected chi connectivity index (χ4v) is 4.80. The van der Waals surface area contributed by atoms with Crippen LogP contribution in [0.2, 0.25) is 0 Å². The van der Waals surface area contributed by atoms with Gasteiger partial charge in [0.05, 0.1) is 5.92 Å². The van der Waals surface area contributed by atoms with Crippen LogP contribution in [0.1, 0.15) is 36.9 Å². The zero-order valence-electron chi connectivity index (χ0n) is 18.7. The van der Waals surface area contributed by atoms with Crippen LogP contribution in [-0.2, 0) is 11.2 Å². The zero-order valence-corrected chi connectivity index (χ0v) is 18.7. The number of hydrogen-bond acceptors (Lipinski definition) is 5. The molecule has 0 aliphatic carbocycles.